The lowest BCUT2D eigenvalue weighted by Crippen LogP contribution is -2.22. The number of para-hydroxylation sites is 1. The van der Waals surface area contributed by atoms with Crippen LogP contribution in [0.2, 0.25) is 0 Å². The quantitative estimate of drug-likeness (QED) is 0.862. The van der Waals surface area contributed by atoms with Crippen molar-refractivity contribution in [2.75, 3.05) is 7.05 Å². The van der Waals surface area contributed by atoms with Gasteiger partial charge in [-0.2, -0.15) is 0 Å². The van der Waals surface area contributed by atoms with Gasteiger partial charge in [-0.05, 0) is 61.8 Å². The Balaban J connectivity index is 2.15. The van der Waals surface area contributed by atoms with Crippen molar-refractivity contribution in [3.8, 4) is 11.5 Å². The molecule has 0 aliphatic rings. The predicted octanol–water partition coefficient (Wildman–Crippen LogP) is 4.07. The average Bonchev–Trinajstić information content (AvgIpc) is 2.50. The summed E-state index contributed by atoms with van der Waals surface area (Å²) in [5, 5.41) is 3.15. The lowest BCUT2D eigenvalue weighted by atomic mass is 10.1. The van der Waals surface area contributed by atoms with Crippen LogP contribution >= 0.6 is 12.2 Å². The fourth-order valence-corrected chi connectivity index (χ4v) is 2.21. The molecule has 0 bridgehead atoms. The van der Waals surface area contributed by atoms with E-state index in [9.17, 15) is 0 Å². The number of benzene rings is 2. The minimum atomic E-state index is 0.342. The summed E-state index contributed by atoms with van der Waals surface area (Å²) < 4.78 is 11.6. The van der Waals surface area contributed by atoms with E-state index in [1.54, 1.807) is 7.05 Å². The second kappa shape index (κ2) is 7.27. The van der Waals surface area contributed by atoms with E-state index in [4.69, 9.17) is 21.7 Å². The van der Waals surface area contributed by atoms with E-state index in [0.717, 1.165) is 16.9 Å². The van der Waals surface area contributed by atoms with Gasteiger partial charge in [-0.3, -0.25) is 0 Å². The van der Waals surface area contributed by atoms with Gasteiger partial charge >= 0.3 is 0 Å². The van der Waals surface area contributed by atoms with Gasteiger partial charge in [0.25, 0.3) is 5.17 Å². The number of ether oxygens (including phenoxy) is 2. The third-order valence-electron chi connectivity index (χ3n) is 3.55. The van der Waals surface area contributed by atoms with Crippen LogP contribution in [0.5, 0.6) is 11.5 Å². The zero-order valence-corrected chi connectivity index (χ0v) is 14.2. The molecule has 0 unspecified atom stereocenters. The lowest BCUT2D eigenvalue weighted by Gasteiger charge is -2.14. The molecule has 0 amide bonds. The Morgan fingerprint density at radius 2 is 1.68 bits per heavy atom. The number of thiocarbonyl (C=S) groups is 1. The van der Waals surface area contributed by atoms with Crippen LogP contribution in [-0.4, -0.2) is 12.2 Å². The Hall–Kier alpha value is -2.07. The largest absolute Gasteiger partial charge is 0.488 e. The van der Waals surface area contributed by atoms with Gasteiger partial charge in [-0.15, -0.1) is 0 Å². The fraction of sp³-hybridized carbons (Fsp3) is 0.278. The molecule has 0 radical (unpaired) electrons. The smallest absolute Gasteiger partial charge is 0.261 e. The van der Waals surface area contributed by atoms with Crippen LogP contribution < -0.4 is 14.8 Å². The van der Waals surface area contributed by atoms with Crippen LogP contribution in [0.25, 0.3) is 0 Å². The van der Waals surface area contributed by atoms with Crippen molar-refractivity contribution in [1.82, 2.24) is 5.32 Å². The Morgan fingerprint density at radius 1 is 1.00 bits per heavy atom. The van der Waals surface area contributed by atoms with Crippen molar-refractivity contribution in [2.45, 2.75) is 27.4 Å². The minimum absolute atomic E-state index is 0.342. The molecular formula is C18H21NO2S. The van der Waals surface area contributed by atoms with Crippen LogP contribution in [0, 0.1) is 20.8 Å². The Morgan fingerprint density at radius 3 is 2.41 bits per heavy atom. The normalized spacial score (nSPS) is 10.2. The van der Waals surface area contributed by atoms with Crippen molar-refractivity contribution in [3.05, 3.63) is 58.7 Å². The molecule has 2 rings (SSSR count). The zero-order valence-electron chi connectivity index (χ0n) is 13.4. The number of aryl methyl sites for hydroxylation is 3. The highest BCUT2D eigenvalue weighted by Gasteiger charge is 2.08. The molecule has 0 atom stereocenters. The molecule has 2 aromatic rings. The zero-order chi connectivity index (χ0) is 16.1. The Bertz CT molecular complexity index is 683. The first kappa shape index (κ1) is 16.3. The van der Waals surface area contributed by atoms with E-state index in [-0.39, 0.29) is 0 Å². The summed E-state index contributed by atoms with van der Waals surface area (Å²) in [6, 6.07) is 12.0. The molecule has 0 saturated heterocycles. The lowest BCUT2D eigenvalue weighted by molar-refractivity contribution is 0.299. The van der Waals surface area contributed by atoms with Gasteiger partial charge in [0, 0.05) is 12.6 Å². The first-order valence-corrected chi connectivity index (χ1v) is 7.60. The molecule has 0 aliphatic heterocycles. The van der Waals surface area contributed by atoms with E-state index in [1.165, 1.54) is 11.1 Å². The fourth-order valence-electron chi connectivity index (χ4n) is 2.12. The minimum Gasteiger partial charge on any atom is -0.488 e. The molecule has 3 nitrogen and oxygen atoms in total. The highest BCUT2D eigenvalue weighted by molar-refractivity contribution is 7.80. The molecule has 116 valence electrons. The summed E-state index contributed by atoms with van der Waals surface area (Å²) in [6.07, 6.45) is 0. The van der Waals surface area contributed by atoms with Crippen molar-refractivity contribution < 1.29 is 9.47 Å². The third kappa shape index (κ3) is 3.98. The van der Waals surface area contributed by atoms with Crippen LogP contribution in [-0.2, 0) is 6.61 Å². The molecule has 0 heterocycles. The van der Waals surface area contributed by atoms with Crippen LogP contribution in [0.3, 0.4) is 0 Å². The maximum atomic E-state index is 5.97. The van der Waals surface area contributed by atoms with Crippen molar-refractivity contribution in [3.63, 3.8) is 0 Å². The number of hydrogen-bond donors (Lipinski definition) is 1. The van der Waals surface area contributed by atoms with E-state index < -0.39 is 0 Å². The van der Waals surface area contributed by atoms with Crippen molar-refractivity contribution in [2.24, 2.45) is 0 Å². The molecule has 0 fully saturated rings. The second-order valence-electron chi connectivity index (χ2n) is 5.24. The standard InChI is InChI=1S/C18H21NO2S/c1-12-9-14(3)17(10-13(12)2)20-11-15-7-5-6-8-16(15)21-18(22)19-4/h5-10H,11H2,1-4H3,(H,19,22). The first-order chi connectivity index (χ1) is 10.5. The SMILES string of the molecule is CNC(=S)Oc1ccccc1COc1cc(C)c(C)cc1C. The molecule has 0 aromatic heterocycles. The Labute approximate surface area is 137 Å². The van der Waals surface area contributed by atoms with Gasteiger partial charge in [-0.25, -0.2) is 0 Å². The molecule has 0 saturated carbocycles. The third-order valence-corrected chi connectivity index (χ3v) is 3.84. The highest BCUT2D eigenvalue weighted by atomic mass is 32.1. The second-order valence-corrected chi connectivity index (χ2v) is 5.61. The topological polar surface area (TPSA) is 30.5 Å². The molecule has 2 aromatic carbocycles. The summed E-state index contributed by atoms with van der Waals surface area (Å²) in [5.74, 6) is 1.61. The number of nitrogens with one attached hydrogen (secondary N) is 1. The molecular weight excluding hydrogens is 294 g/mol. The van der Waals surface area contributed by atoms with Crippen molar-refractivity contribution in [1.29, 1.82) is 0 Å². The maximum absolute atomic E-state index is 5.97. The van der Waals surface area contributed by atoms with Gasteiger partial charge in [0.2, 0.25) is 0 Å². The number of hydrogen-bond acceptors (Lipinski definition) is 3. The average molecular weight is 315 g/mol. The van der Waals surface area contributed by atoms with E-state index >= 15 is 0 Å². The van der Waals surface area contributed by atoms with Gasteiger partial charge in [0.1, 0.15) is 18.1 Å². The maximum Gasteiger partial charge on any atom is 0.261 e. The highest BCUT2D eigenvalue weighted by Crippen LogP contribution is 2.25. The Kier molecular flexibility index (Phi) is 5.39. The predicted molar refractivity (Wildman–Crippen MR) is 93.7 cm³/mol. The summed E-state index contributed by atoms with van der Waals surface area (Å²) >= 11 is 5.05. The van der Waals surface area contributed by atoms with E-state index in [2.05, 4.69) is 38.2 Å². The van der Waals surface area contributed by atoms with Crippen LogP contribution in [0.1, 0.15) is 22.3 Å². The summed E-state index contributed by atoms with van der Waals surface area (Å²) in [5.41, 5.74) is 4.58. The monoisotopic (exact) mass is 315 g/mol. The summed E-state index contributed by atoms with van der Waals surface area (Å²) in [4.78, 5) is 0. The van der Waals surface area contributed by atoms with Gasteiger partial charge in [0.15, 0.2) is 0 Å². The van der Waals surface area contributed by atoms with Gasteiger partial charge < -0.3 is 14.8 Å². The molecule has 4 heteroatoms. The molecule has 0 spiro atoms. The summed E-state index contributed by atoms with van der Waals surface area (Å²) in [6.45, 7) is 6.68. The van der Waals surface area contributed by atoms with Crippen molar-refractivity contribution >= 4 is 17.4 Å². The van der Waals surface area contributed by atoms with E-state index in [0.29, 0.717) is 17.5 Å². The molecule has 22 heavy (non-hydrogen) atoms. The van der Waals surface area contributed by atoms with Crippen LogP contribution in [0.4, 0.5) is 0 Å². The molecule has 1 N–H and O–H groups in total. The number of rotatable bonds is 4. The van der Waals surface area contributed by atoms with Gasteiger partial charge in [0.05, 0.1) is 0 Å². The van der Waals surface area contributed by atoms with Gasteiger partial charge in [-0.1, -0.05) is 24.3 Å². The van der Waals surface area contributed by atoms with Crippen LogP contribution in [0.15, 0.2) is 36.4 Å². The molecule has 0 aliphatic carbocycles. The van der Waals surface area contributed by atoms with E-state index in [1.807, 2.05) is 24.3 Å². The summed E-state index contributed by atoms with van der Waals surface area (Å²) in [7, 11) is 1.74. The first-order valence-electron chi connectivity index (χ1n) is 7.19.